The number of aryl methyl sites for hydroxylation is 1. The minimum Gasteiger partial charge on any atom is -0.399 e. The van der Waals surface area contributed by atoms with Gasteiger partial charge in [0.15, 0.2) is 0 Å². The van der Waals surface area contributed by atoms with Crippen molar-refractivity contribution < 1.29 is 4.79 Å². The number of anilines is 1. The van der Waals surface area contributed by atoms with E-state index < -0.39 is 0 Å². The Kier molecular flexibility index (Phi) is 4.16. The Bertz CT molecular complexity index is 580. The van der Waals surface area contributed by atoms with Crippen molar-refractivity contribution in [3.05, 3.63) is 45.9 Å². The van der Waals surface area contributed by atoms with Gasteiger partial charge in [0.1, 0.15) is 0 Å². The van der Waals surface area contributed by atoms with E-state index in [2.05, 4.69) is 4.98 Å². The first kappa shape index (κ1) is 13.5. The Morgan fingerprint density at radius 2 is 2.26 bits per heavy atom. The van der Waals surface area contributed by atoms with E-state index in [1.165, 1.54) is 0 Å². The number of hydrogen-bond acceptors (Lipinski definition) is 4. The third-order valence-corrected chi connectivity index (χ3v) is 3.62. The lowest BCUT2D eigenvalue weighted by Gasteiger charge is -2.16. The number of carbonyl (C=O) groups excluding carboxylic acids is 1. The second kappa shape index (κ2) is 5.84. The van der Waals surface area contributed by atoms with Gasteiger partial charge in [-0.2, -0.15) is 0 Å². The summed E-state index contributed by atoms with van der Waals surface area (Å²) >= 11 is 1.60. The number of aromatic nitrogens is 1. The van der Waals surface area contributed by atoms with Gasteiger partial charge >= 0.3 is 0 Å². The van der Waals surface area contributed by atoms with Crippen LogP contribution in [0, 0.1) is 6.92 Å². The van der Waals surface area contributed by atoms with Crippen molar-refractivity contribution in [1.82, 2.24) is 9.88 Å². The summed E-state index contributed by atoms with van der Waals surface area (Å²) in [5.41, 5.74) is 8.26. The van der Waals surface area contributed by atoms with Gasteiger partial charge in [0.2, 0.25) is 5.91 Å². The van der Waals surface area contributed by atoms with Crippen molar-refractivity contribution in [2.75, 3.05) is 12.8 Å². The highest BCUT2D eigenvalue weighted by atomic mass is 32.1. The van der Waals surface area contributed by atoms with Gasteiger partial charge < -0.3 is 10.6 Å². The molecule has 1 aromatic heterocycles. The smallest absolute Gasteiger partial charge is 0.227 e. The lowest BCUT2D eigenvalue weighted by atomic mass is 10.1. The molecule has 2 aromatic rings. The van der Waals surface area contributed by atoms with Gasteiger partial charge in [0.25, 0.3) is 0 Å². The second-order valence-corrected chi connectivity index (χ2v) is 5.59. The predicted molar refractivity (Wildman–Crippen MR) is 77.9 cm³/mol. The van der Waals surface area contributed by atoms with Crippen LogP contribution in [0.1, 0.15) is 16.3 Å². The zero-order chi connectivity index (χ0) is 13.8. The summed E-state index contributed by atoms with van der Waals surface area (Å²) in [6, 6.07) is 7.42. The van der Waals surface area contributed by atoms with Crippen LogP contribution in [0.5, 0.6) is 0 Å². The van der Waals surface area contributed by atoms with Gasteiger partial charge in [0, 0.05) is 18.1 Å². The Hall–Kier alpha value is -1.88. The standard InChI is InChI=1S/C14H17N3OS/c1-10-16-13(9-19-10)8-17(2)14(18)7-11-4-3-5-12(15)6-11/h3-6,9H,7-8,15H2,1-2H3. The molecule has 0 bridgehead atoms. The molecule has 5 heteroatoms. The molecule has 19 heavy (non-hydrogen) atoms. The number of carbonyl (C=O) groups is 1. The van der Waals surface area contributed by atoms with Crippen molar-refractivity contribution in [1.29, 1.82) is 0 Å². The summed E-state index contributed by atoms with van der Waals surface area (Å²) < 4.78 is 0. The lowest BCUT2D eigenvalue weighted by molar-refractivity contribution is -0.129. The number of nitrogens with zero attached hydrogens (tertiary/aromatic N) is 2. The molecule has 1 aromatic carbocycles. The maximum atomic E-state index is 12.1. The van der Waals surface area contributed by atoms with Gasteiger partial charge in [-0.15, -0.1) is 11.3 Å². The third kappa shape index (κ3) is 3.79. The second-order valence-electron chi connectivity index (χ2n) is 4.53. The molecular formula is C14H17N3OS. The maximum absolute atomic E-state index is 12.1. The van der Waals surface area contributed by atoms with Crippen molar-refractivity contribution >= 4 is 22.9 Å². The van der Waals surface area contributed by atoms with E-state index >= 15 is 0 Å². The van der Waals surface area contributed by atoms with E-state index in [0.717, 1.165) is 16.3 Å². The highest BCUT2D eigenvalue weighted by Gasteiger charge is 2.11. The Morgan fingerprint density at radius 3 is 2.89 bits per heavy atom. The molecule has 0 aliphatic carbocycles. The normalized spacial score (nSPS) is 10.4. The third-order valence-electron chi connectivity index (χ3n) is 2.80. The molecule has 0 radical (unpaired) electrons. The van der Waals surface area contributed by atoms with Crippen LogP contribution in [0.25, 0.3) is 0 Å². The van der Waals surface area contributed by atoms with Gasteiger partial charge in [-0.25, -0.2) is 4.98 Å². The van der Waals surface area contributed by atoms with Crippen LogP contribution in [0.15, 0.2) is 29.6 Å². The van der Waals surface area contributed by atoms with Gasteiger partial charge in [-0.3, -0.25) is 4.79 Å². The van der Waals surface area contributed by atoms with Crippen LogP contribution in [-0.4, -0.2) is 22.8 Å². The Labute approximate surface area is 116 Å². The number of likely N-dealkylation sites (N-methyl/N-ethyl adjacent to an activating group) is 1. The minimum atomic E-state index is 0.0660. The lowest BCUT2D eigenvalue weighted by Crippen LogP contribution is -2.27. The highest BCUT2D eigenvalue weighted by molar-refractivity contribution is 7.09. The molecule has 1 amide bonds. The first-order chi connectivity index (χ1) is 9.04. The summed E-state index contributed by atoms with van der Waals surface area (Å²) in [5, 5.41) is 3.01. The van der Waals surface area contributed by atoms with Crippen LogP contribution in [0.2, 0.25) is 0 Å². The van der Waals surface area contributed by atoms with Crippen LogP contribution >= 0.6 is 11.3 Å². The molecule has 2 rings (SSSR count). The Balaban J connectivity index is 1.96. The zero-order valence-corrected chi connectivity index (χ0v) is 11.9. The molecule has 0 aliphatic rings. The SMILES string of the molecule is Cc1nc(CN(C)C(=O)Cc2cccc(N)c2)cs1. The van der Waals surface area contributed by atoms with Crippen molar-refractivity contribution in [2.24, 2.45) is 0 Å². The predicted octanol–water partition coefficient (Wildman–Crippen LogP) is 2.23. The molecule has 100 valence electrons. The first-order valence-electron chi connectivity index (χ1n) is 6.04. The summed E-state index contributed by atoms with van der Waals surface area (Å²) in [6.07, 6.45) is 0.366. The average Bonchev–Trinajstić information content (AvgIpc) is 2.74. The van der Waals surface area contributed by atoms with Crippen molar-refractivity contribution in [3.8, 4) is 0 Å². The molecule has 1 heterocycles. The number of amides is 1. The molecule has 0 saturated heterocycles. The number of nitrogen functional groups attached to an aromatic ring is 1. The van der Waals surface area contributed by atoms with Gasteiger partial charge in [0.05, 0.1) is 23.7 Å². The molecule has 0 saturated carbocycles. The molecule has 2 N–H and O–H groups in total. The number of thiazole rings is 1. The van der Waals surface area contributed by atoms with Crippen LogP contribution in [-0.2, 0) is 17.8 Å². The molecule has 0 fully saturated rings. The average molecular weight is 275 g/mol. The van der Waals surface area contributed by atoms with Gasteiger partial charge in [-0.05, 0) is 24.6 Å². The minimum absolute atomic E-state index is 0.0660. The van der Waals surface area contributed by atoms with E-state index in [4.69, 9.17) is 5.73 Å². The van der Waals surface area contributed by atoms with E-state index in [-0.39, 0.29) is 5.91 Å². The van der Waals surface area contributed by atoms with Crippen LogP contribution in [0.3, 0.4) is 0 Å². The number of rotatable bonds is 4. The molecule has 0 aliphatic heterocycles. The summed E-state index contributed by atoms with van der Waals surface area (Å²) in [7, 11) is 1.79. The van der Waals surface area contributed by atoms with Crippen LogP contribution < -0.4 is 5.73 Å². The number of nitrogens with two attached hydrogens (primary N) is 1. The fourth-order valence-corrected chi connectivity index (χ4v) is 2.43. The highest BCUT2D eigenvalue weighted by Crippen LogP contribution is 2.12. The number of benzene rings is 1. The van der Waals surface area contributed by atoms with Crippen LogP contribution in [0.4, 0.5) is 5.69 Å². The first-order valence-corrected chi connectivity index (χ1v) is 6.92. The van der Waals surface area contributed by atoms with E-state index in [9.17, 15) is 4.79 Å². The fraction of sp³-hybridized carbons (Fsp3) is 0.286. The molecule has 4 nitrogen and oxygen atoms in total. The maximum Gasteiger partial charge on any atom is 0.227 e. The quantitative estimate of drug-likeness (QED) is 0.871. The topological polar surface area (TPSA) is 59.2 Å². The molecule has 0 unspecified atom stereocenters. The van der Waals surface area contributed by atoms with E-state index in [0.29, 0.717) is 18.7 Å². The molecule has 0 atom stereocenters. The molecule has 0 spiro atoms. The van der Waals surface area contributed by atoms with Crippen molar-refractivity contribution in [2.45, 2.75) is 19.9 Å². The van der Waals surface area contributed by atoms with Gasteiger partial charge in [-0.1, -0.05) is 12.1 Å². The van der Waals surface area contributed by atoms with Crippen molar-refractivity contribution in [3.63, 3.8) is 0 Å². The fourth-order valence-electron chi connectivity index (χ4n) is 1.82. The van der Waals surface area contributed by atoms with E-state index in [1.807, 2.05) is 36.6 Å². The Morgan fingerprint density at radius 1 is 1.47 bits per heavy atom. The van der Waals surface area contributed by atoms with E-state index in [1.54, 1.807) is 23.3 Å². The summed E-state index contributed by atoms with van der Waals surface area (Å²) in [4.78, 5) is 18.1. The monoisotopic (exact) mass is 275 g/mol. The summed E-state index contributed by atoms with van der Waals surface area (Å²) in [5.74, 6) is 0.0660. The summed E-state index contributed by atoms with van der Waals surface area (Å²) in [6.45, 7) is 2.51. The molecular weight excluding hydrogens is 258 g/mol. The largest absolute Gasteiger partial charge is 0.399 e. The zero-order valence-electron chi connectivity index (χ0n) is 11.1. The number of hydrogen-bond donors (Lipinski definition) is 1.